The molecule has 0 saturated heterocycles. The highest BCUT2D eigenvalue weighted by molar-refractivity contribution is 5.97. The van der Waals surface area contributed by atoms with E-state index in [1.54, 1.807) is 0 Å². The minimum Gasteiger partial charge on any atom is -0.466 e. The van der Waals surface area contributed by atoms with Crippen LogP contribution in [0.5, 0.6) is 0 Å². The minimum atomic E-state index is 0.0602. The SMILES string of the molecule is Cc1oc(C)c(C(=O)N(CCCO)C2CCC2)c1C. The van der Waals surface area contributed by atoms with Crippen LogP contribution in [0.25, 0.3) is 0 Å². The summed E-state index contributed by atoms with van der Waals surface area (Å²) in [6.07, 6.45) is 3.98. The third-order valence-corrected chi connectivity index (χ3v) is 4.11. The summed E-state index contributed by atoms with van der Waals surface area (Å²) < 4.78 is 5.56. The smallest absolute Gasteiger partial charge is 0.257 e. The van der Waals surface area contributed by atoms with Crippen molar-refractivity contribution in [1.82, 2.24) is 4.90 Å². The van der Waals surface area contributed by atoms with Crippen molar-refractivity contribution in [3.63, 3.8) is 0 Å². The first-order valence-electron chi connectivity index (χ1n) is 7.04. The molecule has 1 N–H and O–H groups in total. The maximum atomic E-state index is 12.7. The molecule has 1 aliphatic carbocycles. The number of nitrogens with zero attached hydrogens (tertiary/aromatic N) is 1. The summed E-state index contributed by atoms with van der Waals surface area (Å²) in [4.78, 5) is 14.6. The Morgan fingerprint density at radius 1 is 1.32 bits per heavy atom. The number of carbonyl (C=O) groups excluding carboxylic acids is 1. The van der Waals surface area contributed by atoms with E-state index in [0.29, 0.717) is 30.3 Å². The Kier molecular flexibility index (Phi) is 4.30. The zero-order chi connectivity index (χ0) is 14.0. The Morgan fingerprint density at radius 2 is 2.00 bits per heavy atom. The highest BCUT2D eigenvalue weighted by Gasteiger charge is 2.31. The summed E-state index contributed by atoms with van der Waals surface area (Å²) in [7, 11) is 0. The van der Waals surface area contributed by atoms with Crippen molar-refractivity contribution in [3.05, 3.63) is 22.6 Å². The number of hydrogen-bond donors (Lipinski definition) is 1. The Labute approximate surface area is 114 Å². The molecule has 0 aromatic carbocycles. The normalized spacial score (nSPS) is 15.4. The molecule has 0 aliphatic heterocycles. The van der Waals surface area contributed by atoms with Crippen LogP contribution in [0.15, 0.2) is 4.42 Å². The van der Waals surface area contributed by atoms with Crippen molar-refractivity contribution < 1.29 is 14.3 Å². The molecule has 2 rings (SSSR count). The van der Waals surface area contributed by atoms with Crippen LogP contribution in [0, 0.1) is 20.8 Å². The van der Waals surface area contributed by atoms with Gasteiger partial charge in [0, 0.05) is 24.8 Å². The molecule has 0 spiro atoms. The number of aliphatic hydroxyl groups excluding tert-OH is 1. The number of amides is 1. The van der Waals surface area contributed by atoms with Crippen molar-refractivity contribution in [1.29, 1.82) is 0 Å². The van der Waals surface area contributed by atoms with E-state index in [4.69, 9.17) is 9.52 Å². The van der Waals surface area contributed by atoms with Gasteiger partial charge in [-0.15, -0.1) is 0 Å². The first-order valence-corrected chi connectivity index (χ1v) is 7.04. The van der Waals surface area contributed by atoms with E-state index in [1.807, 2.05) is 25.7 Å². The van der Waals surface area contributed by atoms with Gasteiger partial charge in [-0.2, -0.15) is 0 Å². The van der Waals surface area contributed by atoms with Crippen LogP contribution in [0.1, 0.15) is 53.1 Å². The molecule has 4 heteroatoms. The van der Waals surface area contributed by atoms with E-state index in [1.165, 1.54) is 6.42 Å². The Bertz CT molecular complexity index is 460. The lowest BCUT2D eigenvalue weighted by Crippen LogP contribution is -2.45. The van der Waals surface area contributed by atoms with Crippen LogP contribution in [0.3, 0.4) is 0 Å². The molecule has 0 radical (unpaired) electrons. The predicted octanol–water partition coefficient (Wildman–Crippen LogP) is 2.58. The Balaban J connectivity index is 2.22. The molecule has 1 aromatic heterocycles. The van der Waals surface area contributed by atoms with Gasteiger partial charge >= 0.3 is 0 Å². The molecule has 1 amide bonds. The number of furan rings is 1. The summed E-state index contributed by atoms with van der Waals surface area (Å²) in [5, 5.41) is 9.00. The maximum absolute atomic E-state index is 12.7. The fraction of sp³-hybridized carbons (Fsp3) is 0.667. The van der Waals surface area contributed by atoms with Gasteiger partial charge < -0.3 is 14.4 Å². The van der Waals surface area contributed by atoms with Crippen LogP contribution in [-0.4, -0.2) is 35.1 Å². The summed E-state index contributed by atoms with van der Waals surface area (Å²) in [6.45, 7) is 6.42. The van der Waals surface area contributed by atoms with Gasteiger partial charge in [0.1, 0.15) is 11.5 Å². The van der Waals surface area contributed by atoms with E-state index in [-0.39, 0.29) is 12.5 Å². The van der Waals surface area contributed by atoms with E-state index >= 15 is 0 Å². The second kappa shape index (κ2) is 5.78. The number of aliphatic hydroxyl groups is 1. The summed E-state index contributed by atoms with van der Waals surface area (Å²) in [6, 6.07) is 0.341. The lowest BCUT2D eigenvalue weighted by molar-refractivity contribution is 0.0560. The van der Waals surface area contributed by atoms with Gasteiger partial charge in [0.25, 0.3) is 5.91 Å². The minimum absolute atomic E-state index is 0.0602. The lowest BCUT2D eigenvalue weighted by Gasteiger charge is -2.37. The van der Waals surface area contributed by atoms with Crippen LogP contribution >= 0.6 is 0 Å². The quantitative estimate of drug-likeness (QED) is 0.890. The first kappa shape index (κ1) is 14.1. The van der Waals surface area contributed by atoms with Gasteiger partial charge in [-0.1, -0.05) is 0 Å². The average Bonchev–Trinajstić information content (AvgIpc) is 2.55. The van der Waals surface area contributed by atoms with Gasteiger partial charge in [-0.05, 0) is 46.5 Å². The largest absolute Gasteiger partial charge is 0.466 e. The molecule has 1 fully saturated rings. The van der Waals surface area contributed by atoms with E-state index in [9.17, 15) is 4.79 Å². The van der Waals surface area contributed by atoms with Crippen LogP contribution in [0.4, 0.5) is 0 Å². The van der Waals surface area contributed by atoms with Crippen molar-refractivity contribution in [2.75, 3.05) is 13.2 Å². The number of carbonyl (C=O) groups is 1. The highest BCUT2D eigenvalue weighted by atomic mass is 16.3. The molecule has 1 heterocycles. The summed E-state index contributed by atoms with van der Waals surface area (Å²) in [5.41, 5.74) is 1.65. The molecular weight excluding hydrogens is 242 g/mol. The van der Waals surface area contributed by atoms with Crippen LogP contribution in [-0.2, 0) is 0 Å². The zero-order valence-corrected chi connectivity index (χ0v) is 12.0. The molecule has 0 bridgehead atoms. The van der Waals surface area contributed by atoms with Crippen molar-refractivity contribution in [2.45, 2.75) is 52.5 Å². The molecule has 0 unspecified atom stereocenters. The first-order chi connectivity index (χ1) is 9.06. The molecule has 19 heavy (non-hydrogen) atoms. The second-order valence-corrected chi connectivity index (χ2v) is 5.37. The third-order valence-electron chi connectivity index (χ3n) is 4.11. The molecule has 0 atom stereocenters. The fourth-order valence-electron chi connectivity index (χ4n) is 2.64. The van der Waals surface area contributed by atoms with Crippen LogP contribution in [0.2, 0.25) is 0 Å². The standard InChI is InChI=1S/C15H23NO3/c1-10-11(2)19-12(3)14(10)15(18)16(8-5-9-17)13-6-4-7-13/h13,17H,4-9H2,1-3H3. The topological polar surface area (TPSA) is 53.7 Å². The Morgan fingerprint density at radius 3 is 2.42 bits per heavy atom. The zero-order valence-electron chi connectivity index (χ0n) is 12.0. The van der Waals surface area contributed by atoms with E-state index in [0.717, 1.165) is 24.2 Å². The molecular formula is C15H23NO3. The number of aryl methyl sites for hydroxylation is 2. The third kappa shape index (κ3) is 2.68. The monoisotopic (exact) mass is 265 g/mol. The maximum Gasteiger partial charge on any atom is 0.257 e. The highest BCUT2D eigenvalue weighted by Crippen LogP contribution is 2.29. The van der Waals surface area contributed by atoms with E-state index in [2.05, 4.69) is 0 Å². The summed E-state index contributed by atoms with van der Waals surface area (Å²) >= 11 is 0. The number of hydrogen-bond acceptors (Lipinski definition) is 3. The average molecular weight is 265 g/mol. The Hall–Kier alpha value is -1.29. The van der Waals surface area contributed by atoms with Gasteiger partial charge in [0.2, 0.25) is 0 Å². The summed E-state index contributed by atoms with van der Waals surface area (Å²) in [5.74, 6) is 1.58. The van der Waals surface area contributed by atoms with Gasteiger partial charge in [-0.25, -0.2) is 0 Å². The molecule has 4 nitrogen and oxygen atoms in total. The van der Waals surface area contributed by atoms with Gasteiger partial charge in [0.15, 0.2) is 0 Å². The van der Waals surface area contributed by atoms with Crippen LogP contribution < -0.4 is 0 Å². The van der Waals surface area contributed by atoms with Crippen molar-refractivity contribution >= 4 is 5.91 Å². The predicted molar refractivity (Wildman–Crippen MR) is 73.3 cm³/mol. The molecule has 1 aromatic rings. The fourth-order valence-corrected chi connectivity index (χ4v) is 2.64. The van der Waals surface area contributed by atoms with Gasteiger partial charge in [0.05, 0.1) is 5.56 Å². The van der Waals surface area contributed by atoms with Gasteiger partial charge in [-0.3, -0.25) is 4.79 Å². The molecule has 1 saturated carbocycles. The second-order valence-electron chi connectivity index (χ2n) is 5.37. The van der Waals surface area contributed by atoms with E-state index < -0.39 is 0 Å². The van der Waals surface area contributed by atoms with Crippen molar-refractivity contribution in [3.8, 4) is 0 Å². The number of rotatable bonds is 5. The molecule has 106 valence electrons. The lowest BCUT2D eigenvalue weighted by atomic mass is 9.90. The molecule has 1 aliphatic rings. The van der Waals surface area contributed by atoms with Crippen molar-refractivity contribution in [2.24, 2.45) is 0 Å².